The second kappa shape index (κ2) is 9.43. The fraction of sp³-hybridized carbons (Fsp3) is 0.333. The van der Waals surface area contributed by atoms with Crippen molar-refractivity contribution in [2.75, 3.05) is 25.9 Å². The third-order valence-corrected chi connectivity index (χ3v) is 5.88. The van der Waals surface area contributed by atoms with Crippen molar-refractivity contribution in [3.63, 3.8) is 0 Å². The first kappa shape index (κ1) is 19.2. The summed E-state index contributed by atoms with van der Waals surface area (Å²) >= 11 is 1.89. The van der Waals surface area contributed by atoms with E-state index in [1.165, 1.54) is 17.0 Å². The van der Waals surface area contributed by atoms with Crippen molar-refractivity contribution in [3.8, 4) is 6.07 Å². The van der Waals surface area contributed by atoms with Crippen LogP contribution in [0, 0.1) is 23.1 Å². The third-order valence-electron chi connectivity index (χ3n) is 4.64. The van der Waals surface area contributed by atoms with Crippen LogP contribution in [0.15, 0.2) is 58.4 Å². The van der Waals surface area contributed by atoms with Crippen LogP contribution in [0.5, 0.6) is 0 Å². The molecule has 2 aromatic rings. The molecule has 0 saturated carbocycles. The molecule has 1 saturated heterocycles. The number of guanidine groups is 1. The molecule has 1 N–H and O–H groups in total. The first-order chi connectivity index (χ1) is 13.2. The number of hydrogen-bond donors (Lipinski definition) is 1. The summed E-state index contributed by atoms with van der Waals surface area (Å²) in [5.41, 5.74) is 0.938. The maximum atomic E-state index is 14.0. The molecule has 3 rings (SSSR count). The first-order valence-corrected chi connectivity index (χ1v) is 10.00. The van der Waals surface area contributed by atoms with Crippen LogP contribution in [0.2, 0.25) is 0 Å². The predicted molar refractivity (Wildman–Crippen MR) is 108 cm³/mol. The summed E-state index contributed by atoms with van der Waals surface area (Å²) in [7, 11) is 1.75. The lowest BCUT2D eigenvalue weighted by Crippen LogP contribution is -2.39. The van der Waals surface area contributed by atoms with Gasteiger partial charge in [-0.15, -0.1) is 11.8 Å². The SMILES string of the molecule is CN=C(NCc1cc(C#N)ccc1F)N1CCC(CSc2ccccc2)C1. The van der Waals surface area contributed by atoms with Crippen molar-refractivity contribution in [1.29, 1.82) is 5.26 Å². The Morgan fingerprint density at radius 2 is 2.15 bits per heavy atom. The van der Waals surface area contributed by atoms with E-state index in [0.29, 0.717) is 23.6 Å². The largest absolute Gasteiger partial charge is 0.352 e. The second-order valence-electron chi connectivity index (χ2n) is 6.54. The molecule has 0 bridgehead atoms. The zero-order chi connectivity index (χ0) is 19.1. The van der Waals surface area contributed by atoms with Crippen LogP contribution in [0.1, 0.15) is 17.5 Å². The molecule has 1 aliphatic heterocycles. The summed E-state index contributed by atoms with van der Waals surface area (Å²) in [5, 5.41) is 12.2. The number of halogens is 1. The quantitative estimate of drug-likeness (QED) is 0.484. The number of rotatable bonds is 5. The number of thioether (sulfide) groups is 1. The zero-order valence-corrected chi connectivity index (χ0v) is 16.2. The van der Waals surface area contributed by atoms with Crippen LogP contribution < -0.4 is 5.32 Å². The van der Waals surface area contributed by atoms with Crippen molar-refractivity contribution >= 4 is 17.7 Å². The Bertz CT molecular complexity index is 832. The standard InChI is InChI=1S/C21H23FN4S/c1-24-21(25-13-18-11-16(12-23)7-8-20(18)22)26-10-9-17(14-26)15-27-19-5-3-2-4-6-19/h2-8,11,17H,9-10,13-15H2,1H3,(H,24,25). The Hall–Kier alpha value is -2.52. The molecule has 0 aliphatic carbocycles. The molecule has 6 heteroatoms. The van der Waals surface area contributed by atoms with E-state index in [1.54, 1.807) is 13.1 Å². The number of likely N-dealkylation sites (tertiary alicyclic amines) is 1. The molecule has 0 aromatic heterocycles. The predicted octanol–water partition coefficient (Wildman–Crippen LogP) is 3.89. The van der Waals surface area contributed by atoms with Gasteiger partial charge in [-0.1, -0.05) is 18.2 Å². The van der Waals surface area contributed by atoms with Crippen molar-refractivity contribution in [2.45, 2.75) is 17.9 Å². The maximum Gasteiger partial charge on any atom is 0.193 e. The molecule has 1 unspecified atom stereocenters. The van der Waals surface area contributed by atoms with Gasteiger partial charge in [-0.3, -0.25) is 4.99 Å². The van der Waals surface area contributed by atoms with Crippen molar-refractivity contribution in [3.05, 3.63) is 65.5 Å². The second-order valence-corrected chi connectivity index (χ2v) is 7.64. The molecule has 4 nitrogen and oxygen atoms in total. The highest BCUT2D eigenvalue weighted by Gasteiger charge is 2.25. The Morgan fingerprint density at radius 3 is 2.89 bits per heavy atom. The summed E-state index contributed by atoms with van der Waals surface area (Å²) in [6.45, 7) is 2.20. The summed E-state index contributed by atoms with van der Waals surface area (Å²) in [6.07, 6.45) is 1.12. The monoisotopic (exact) mass is 382 g/mol. The van der Waals surface area contributed by atoms with E-state index in [9.17, 15) is 4.39 Å². The van der Waals surface area contributed by atoms with Gasteiger partial charge in [0.15, 0.2) is 5.96 Å². The van der Waals surface area contributed by atoms with E-state index in [4.69, 9.17) is 5.26 Å². The molecule has 1 heterocycles. The third kappa shape index (κ3) is 5.24. The van der Waals surface area contributed by atoms with Crippen molar-refractivity contribution in [2.24, 2.45) is 10.9 Å². The number of nitriles is 1. The minimum absolute atomic E-state index is 0.310. The molecule has 2 aromatic carbocycles. The smallest absolute Gasteiger partial charge is 0.193 e. The lowest BCUT2D eigenvalue weighted by molar-refractivity contribution is 0.473. The number of nitrogens with one attached hydrogen (secondary N) is 1. The average molecular weight is 383 g/mol. The average Bonchev–Trinajstić information content (AvgIpc) is 3.18. The molecule has 1 aliphatic rings. The molecule has 0 spiro atoms. The van der Waals surface area contributed by atoms with Crippen LogP contribution in [0.3, 0.4) is 0 Å². The fourth-order valence-electron chi connectivity index (χ4n) is 3.18. The first-order valence-electron chi connectivity index (χ1n) is 9.01. The Labute approximate surface area is 164 Å². The number of benzene rings is 2. The fourth-order valence-corrected chi connectivity index (χ4v) is 4.23. The summed E-state index contributed by atoms with van der Waals surface area (Å²) in [5.74, 6) is 2.16. The van der Waals surface area contributed by atoms with Gasteiger partial charge in [-0.2, -0.15) is 5.26 Å². The van der Waals surface area contributed by atoms with Gasteiger partial charge >= 0.3 is 0 Å². The van der Waals surface area contributed by atoms with Crippen LogP contribution >= 0.6 is 11.8 Å². The van der Waals surface area contributed by atoms with E-state index in [2.05, 4.69) is 39.5 Å². The van der Waals surface area contributed by atoms with Gasteiger partial charge in [-0.05, 0) is 42.7 Å². The van der Waals surface area contributed by atoms with Crippen molar-refractivity contribution in [1.82, 2.24) is 10.2 Å². The molecular weight excluding hydrogens is 359 g/mol. The normalized spacial score (nSPS) is 17.0. The van der Waals surface area contributed by atoms with Gasteiger partial charge in [0, 0.05) is 42.9 Å². The number of nitrogens with zero attached hydrogens (tertiary/aromatic N) is 3. The van der Waals surface area contributed by atoms with Gasteiger partial charge in [0.2, 0.25) is 0 Å². The van der Waals surface area contributed by atoms with Gasteiger partial charge < -0.3 is 10.2 Å². The molecule has 1 atom stereocenters. The highest BCUT2D eigenvalue weighted by atomic mass is 32.2. The Balaban J connectivity index is 1.52. The Kier molecular flexibility index (Phi) is 6.72. The number of hydrogen-bond acceptors (Lipinski definition) is 3. The van der Waals surface area contributed by atoms with E-state index in [-0.39, 0.29) is 5.82 Å². The van der Waals surface area contributed by atoms with E-state index in [1.807, 2.05) is 23.9 Å². The molecular formula is C21H23FN4S. The molecule has 0 amide bonds. The lowest BCUT2D eigenvalue weighted by Gasteiger charge is -2.22. The van der Waals surface area contributed by atoms with Gasteiger partial charge in [-0.25, -0.2) is 4.39 Å². The van der Waals surface area contributed by atoms with Crippen molar-refractivity contribution < 1.29 is 4.39 Å². The molecule has 0 radical (unpaired) electrons. The summed E-state index contributed by atoms with van der Waals surface area (Å²) < 4.78 is 14.0. The minimum atomic E-state index is -0.310. The lowest BCUT2D eigenvalue weighted by atomic mass is 10.1. The molecule has 140 valence electrons. The van der Waals surface area contributed by atoms with E-state index >= 15 is 0 Å². The van der Waals surface area contributed by atoms with Gasteiger partial charge in [0.25, 0.3) is 0 Å². The maximum absolute atomic E-state index is 14.0. The molecule has 1 fully saturated rings. The van der Waals surface area contributed by atoms with Gasteiger partial charge in [0.1, 0.15) is 5.82 Å². The van der Waals surface area contributed by atoms with Crippen LogP contribution in [-0.2, 0) is 6.54 Å². The highest BCUT2D eigenvalue weighted by Crippen LogP contribution is 2.25. The van der Waals surface area contributed by atoms with Crippen LogP contribution in [0.25, 0.3) is 0 Å². The highest BCUT2D eigenvalue weighted by molar-refractivity contribution is 7.99. The van der Waals surface area contributed by atoms with Crippen LogP contribution in [-0.4, -0.2) is 36.7 Å². The van der Waals surface area contributed by atoms with E-state index < -0.39 is 0 Å². The Morgan fingerprint density at radius 1 is 1.33 bits per heavy atom. The minimum Gasteiger partial charge on any atom is -0.352 e. The van der Waals surface area contributed by atoms with Gasteiger partial charge in [0.05, 0.1) is 11.6 Å². The summed E-state index contributed by atoms with van der Waals surface area (Å²) in [6, 6.07) is 16.9. The topological polar surface area (TPSA) is 51.4 Å². The number of aliphatic imine (C=N–C) groups is 1. The van der Waals surface area contributed by atoms with Crippen LogP contribution in [0.4, 0.5) is 4.39 Å². The zero-order valence-electron chi connectivity index (χ0n) is 15.4. The summed E-state index contributed by atoms with van der Waals surface area (Å²) in [4.78, 5) is 7.87. The molecule has 27 heavy (non-hydrogen) atoms. The van der Waals surface area contributed by atoms with E-state index in [0.717, 1.165) is 31.2 Å².